The number of rotatable bonds is 11. The second-order valence-corrected chi connectivity index (χ2v) is 18.7. The van der Waals surface area contributed by atoms with Crippen molar-refractivity contribution in [3.63, 3.8) is 0 Å². The van der Waals surface area contributed by atoms with E-state index in [4.69, 9.17) is 18.9 Å². The van der Waals surface area contributed by atoms with E-state index in [0.29, 0.717) is 37.1 Å². The number of halogens is 1. The molecular weight excluding hydrogens is 798 g/mol. The number of carbonyl (C=O) groups is 1. The Morgan fingerprint density at radius 2 is 1.47 bits per heavy atom. The molecule has 0 N–H and O–H groups in total. The summed E-state index contributed by atoms with van der Waals surface area (Å²) in [7, 11) is 0. The standard InChI is InChI=1S/C57H58FNO5/c1-4-5-6-7-38-8-10-39(11-9-38)40-16-27-48(28-17-40)63-55(60)42-14-12-41(13-15-42)43-18-29-49-51(36-43)52-37-62-56(2,3)53(52)50-30-31-57(64-54(49)50,44-19-23-46(58)24-20-44)45-21-25-47(26-22-45)59-32-34-61-35-33-59/h12-31,36,38-39H,4-11,32-35,37H2,1-3H3. The van der Waals surface area contributed by atoms with Gasteiger partial charge in [-0.1, -0.05) is 99.3 Å². The van der Waals surface area contributed by atoms with Crippen molar-refractivity contribution < 1.29 is 28.1 Å². The van der Waals surface area contributed by atoms with Crippen molar-refractivity contribution in [3.05, 3.63) is 166 Å². The number of esters is 1. The molecule has 64 heavy (non-hydrogen) atoms. The zero-order chi connectivity index (χ0) is 43.8. The topological polar surface area (TPSA) is 57.2 Å². The fourth-order valence-corrected chi connectivity index (χ4v) is 10.7. The van der Waals surface area contributed by atoms with E-state index >= 15 is 0 Å². The first-order valence-electron chi connectivity index (χ1n) is 23.5. The van der Waals surface area contributed by atoms with Gasteiger partial charge in [0, 0.05) is 46.4 Å². The van der Waals surface area contributed by atoms with Crippen molar-refractivity contribution in [2.24, 2.45) is 5.92 Å². The van der Waals surface area contributed by atoms with E-state index in [1.54, 1.807) is 0 Å². The third-order valence-corrected chi connectivity index (χ3v) is 14.4. The summed E-state index contributed by atoms with van der Waals surface area (Å²) < 4.78 is 39.8. The van der Waals surface area contributed by atoms with Crippen molar-refractivity contribution in [1.82, 2.24) is 0 Å². The van der Waals surface area contributed by atoms with Crippen LogP contribution in [0.2, 0.25) is 0 Å². The zero-order valence-corrected chi connectivity index (χ0v) is 37.3. The number of morpholine rings is 1. The molecule has 1 unspecified atom stereocenters. The van der Waals surface area contributed by atoms with Gasteiger partial charge in [-0.25, -0.2) is 9.18 Å². The van der Waals surface area contributed by atoms with Gasteiger partial charge in [0.25, 0.3) is 0 Å². The van der Waals surface area contributed by atoms with E-state index in [-0.39, 0.29) is 11.8 Å². The van der Waals surface area contributed by atoms with Crippen molar-refractivity contribution in [2.45, 2.75) is 95.9 Å². The highest BCUT2D eigenvalue weighted by atomic mass is 19.1. The molecule has 6 aromatic carbocycles. The van der Waals surface area contributed by atoms with Crippen molar-refractivity contribution >= 4 is 28.5 Å². The predicted molar refractivity (Wildman–Crippen MR) is 254 cm³/mol. The van der Waals surface area contributed by atoms with Crippen LogP contribution < -0.4 is 14.4 Å². The Kier molecular flexibility index (Phi) is 11.6. The summed E-state index contributed by atoms with van der Waals surface area (Å²) in [5.41, 5.74) is 8.41. The van der Waals surface area contributed by atoms with Gasteiger partial charge in [0.1, 0.15) is 17.3 Å². The molecule has 1 saturated carbocycles. The van der Waals surface area contributed by atoms with Gasteiger partial charge in [-0.05, 0) is 140 Å². The fraction of sp³-hybridized carbons (Fsp3) is 0.351. The van der Waals surface area contributed by atoms with Crippen LogP contribution in [0.3, 0.4) is 0 Å². The summed E-state index contributed by atoms with van der Waals surface area (Å²) in [4.78, 5) is 15.7. The molecule has 4 aliphatic rings. The van der Waals surface area contributed by atoms with Crippen LogP contribution in [0.4, 0.5) is 10.1 Å². The Morgan fingerprint density at radius 3 is 2.17 bits per heavy atom. The number of nitrogens with zero attached hydrogens (tertiary/aromatic N) is 1. The first-order valence-corrected chi connectivity index (χ1v) is 23.5. The molecule has 1 aliphatic carbocycles. The van der Waals surface area contributed by atoms with Crippen molar-refractivity contribution in [1.29, 1.82) is 0 Å². The van der Waals surface area contributed by atoms with Crippen LogP contribution in [-0.4, -0.2) is 32.3 Å². The van der Waals surface area contributed by atoms with E-state index in [0.717, 1.165) is 80.2 Å². The van der Waals surface area contributed by atoms with Crippen LogP contribution in [0.1, 0.15) is 122 Å². The summed E-state index contributed by atoms with van der Waals surface area (Å²) >= 11 is 0. The van der Waals surface area contributed by atoms with Crippen LogP contribution in [0, 0.1) is 11.7 Å². The number of hydrogen-bond donors (Lipinski definition) is 0. The lowest BCUT2D eigenvalue weighted by molar-refractivity contribution is -0.00802. The van der Waals surface area contributed by atoms with E-state index in [1.165, 1.54) is 69.1 Å². The van der Waals surface area contributed by atoms with E-state index in [9.17, 15) is 9.18 Å². The van der Waals surface area contributed by atoms with Crippen molar-refractivity contribution in [3.8, 4) is 22.6 Å². The minimum absolute atomic E-state index is 0.299. The van der Waals surface area contributed by atoms with E-state index < -0.39 is 11.2 Å². The molecule has 7 heteroatoms. The quantitative estimate of drug-likeness (QED) is 0.0735. The summed E-state index contributed by atoms with van der Waals surface area (Å²) in [6.45, 7) is 10.1. The van der Waals surface area contributed by atoms with Gasteiger partial charge in [0.05, 0.1) is 31.0 Å². The van der Waals surface area contributed by atoms with Crippen LogP contribution >= 0.6 is 0 Å². The van der Waals surface area contributed by atoms with Crippen LogP contribution in [0.15, 0.2) is 121 Å². The molecule has 3 heterocycles. The molecule has 0 spiro atoms. The Hall–Kier alpha value is -5.76. The summed E-state index contributed by atoms with van der Waals surface area (Å²) in [6.07, 6.45) is 14.8. The van der Waals surface area contributed by atoms with Gasteiger partial charge in [-0.15, -0.1) is 0 Å². The number of unbranched alkanes of at least 4 members (excludes halogenated alkanes) is 2. The number of carbonyl (C=O) groups excluding carboxylic acids is 1. The molecule has 1 saturated heterocycles. The SMILES string of the molecule is CCCCCC1CCC(c2ccc(OC(=O)c3ccc(-c4ccc5c6c(c7c(c5c4)COC7(C)C)C=CC(c4ccc(F)cc4)(c4ccc(N5CCOCC5)cc4)O6)cc3)cc2)CC1. The molecular formula is C57H58FNO5. The lowest BCUT2D eigenvalue weighted by atomic mass is 9.77. The summed E-state index contributed by atoms with van der Waals surface area (Å²) in [5.74, 6) is 2.12. The minimum Gasteiger partial charge on any atom is -0.472 e. The monoisotopic (exact) mass is 855 g/mol. The first-order chi connectivity index (χ1) is 31.2. The van der Waals surface area contributed by atoms with Gasteiger partial charge >= 0.3 is 5.97 Å². The van der Waals surface area contributed by atoms with Crippen LogP contribution in [0.5, 0.6) is 11.5 Å². The Labute approximate surface area is 377 Å². The second-order valence-electron chi connectivity index (χ2n) is 18.7. The number of anilines is 1. The van der Waals surface area contributed by atoms with Gasteiger partial charge in [-0.3, -0.25) is 0 Å². The smallest absolute Gasteiger partial charge is 0.343 e. The summed E-state index contributed by atoms with van der Waals surface area (Å²) in [5, 5.41) is 2.02. The van der Waals surface area contributed by atoms with Crippen molar-refractivity contribution in [2.75, 3.05) is 31.2 Å². The molecule has 3 aliphatic heterocycles. The fourth-order valence-electron chi connectivity index (χ4n) is 10.7. The highest BCUT2D eigenvalue weighted by molar-refractivity contribution is 6.00. The van der Waals surface area contributed by atoms with Gasteiger partial charge in [0.15, 0.2) is 5.60 Å². The highest BCUT2D eigenvalue weighted by Gasteiger charge is 2.43. The van der Waals surface area contributed by atoms with Crippen LogP contribution in [-0.2, 0) is 27.3 Å². The Bertz CT molecular complexity index is 2660. The molecule has 0 amide bonds. The third-order valence-electron chi connectivity index (χ3n) is 14.4. The third kappa shape index (κ3) is 8.14. The molecule has 0 radical (unpaired) electrons. The molecule has 328 valence electrons. The Morgan fingerprint density at radius 1 is 0.781 bits per heavy atom. The highest BCUT2D eigenvalue weighted by Crippen LogP contribution is 2.53. The molecule has 1 atom stereocenters. The lowest BCUT2D eigenvalue weighted by Crippen LogP contribution is -2.37. The molecule has 2 fully saturated rings. The normalized spacial score (nSPS) is 21.3. The maximum absolute atomic E-state index is 14.4. The average molecular weight is 856 g/mol. The number of ether oxygens (including phenoxy) is 4. The van der Waals surface area contributed by atoms with Gasteiger partial charge in [-0.2, -0.15) is 0 Å². The maximum Gasteiger partial charge on any atom is 0.343 e. The number of hydrogen-bond acceptors (Lipinski definition) is 6. The lowest BCUT2D eigenvalue weighted by Gasteiger charge is -2.38. The largest absolute Gasteiger partial charge is 0.472 e. The number of benzene rings is 6. The molecule has 10 rings (SSSR count). The minimum atomic E-state index is -1.02. The predicted octanol–water partition coefficient (Wildman–Crippen LogP) is 13.7. The zero-order valence-electron chi connectivity index (χ0n) is 37.3. The molecule has 6 nitrogen and oxygen atoms in total. The van der Waals surface area contributed by atoms with Crippen LogP contribution in [0.25, 0.3) is 28.0 Å². The number of fused-ring (bicyclic) bond motifs is 6. The molecule has 0 bridgehead atoms. The molecule has 6 aromatic rings. The second kappa shape index (κ2) is 17.7. The van der Waals surface area contributed by atoms with Gasteiger partial charge in [0.2, 0.25) is 0 Å². The average Bonchev–Trinajstić information content (AvgIpc) is 3.67. The maximum atomic E-state index is 14.4. The van der Waals surface area contributed by atoms with E-state index in [2.05, 4.69) is 92.4 Å². The summed E-state index contributed by atoms with van der Waals surface area (Å²) in [6, 6.07) is 37.5. The molecule has 0 aromatic heterocycles. The Balaban J connectivity index is 0.914. The van der Waals surface area contributed by atoms with E-state index in [1.807, 2.05) is 48.5 Å². The van der Waals surface area contributed by atoms with Gasteiger partial charge < -0.3 is 23.8 Å². The first kappa shape index (κ1) is 42.2.